The van der Waals surface area contributed by atoms with Crippen LogP contribution in [0.25, 0.3) is 32.3 Å². The van der Waals surface area contributed by atoms with Crippen LogP contribution in [-0.4, -0.2) is 16.6 Å². The largest absolute Gasteiger partial charge is 0.481 e. The van der Waals surface area contributed by atoms with Gasteiger partial charge < -0.3 is 10.6 Å². The van der Waals surface area contributed by atoms with Gasteiger partial charge in [0.1, 0.15) is 0 Å². The van der Waals surface area contributed by atoms with Crippen molar-refractivity contribution in [2.24, 2.45) is 0 Å². The first-order chi connectivity index (χ1) is 10.7. The molecule has 0 saturated carbocycles. The zero-order chi connectivity index (χ0) is 15.5. The molecule has 0 aliphatic heterocycles. The van der Waals surface area contributed by atoms with E-state index >= 15 is 0 Å². The van der Waals surface area contributed by atoms with Crippen LogP contribution >= 0.6 is 0 Å². The Morgan fingerprint density at radius 1 is 0.783 bits per heavy atom. The van der Waals surface area contributed by atoms with Gasteiger partial charge in [-0.1, -0.05) is 67.6 Å². The summed E-state index contributed by atoms with van der Waals surface area (Å²) in [5.41, 5.74) is 0. The lowest BCUT2D eigenvalue weighted by Crippen LogP contribution is -1.90. The second-order valence-electron chi connectivity index (χ2n) is 5.43. The lowest BCUT2D eigenvalue weighted by atomic mass is 9.95. The Kier molecular flexibility index (Phi) is 5.14. The molecule has 4 aromatic rings. The van der Waals surface area contributed by atoms with Crippen molar-refractivity contribution < 1.29 is 15.4 Å². The minimum absolute atomic E-state index is 0. The minimum Gasteiger partial charge on any atom is -0.481 e. The number of carboxylic acids is 1. The molecule has 0 fully saturated rings. The molecule has 0 unspecified atom stereocenters. The Morgan fingerprint density at radius 3 is 1.35 bits per heavy atom. The highest BCUT2D eigenvalue weighted by atomic mass is 16.4. The van der Waals surface area contributed by atoms with Crippen LogP contribution in [0.4, 0.5) is 0 Å². The van der Waals surface area contributed by atoms with E-state index in [0.717, 1.165) is 6.42 Å². The van der Waals surface area contributed by atoms with Crippen molar-refractivity contribution in [1.82, 2.24) is 0 Å². The van der Waals surface area contributed by atoms with E-state index in [0.29, 0.717) is 6.42 Å². The summed E-state index contributed by atoms with van der Waals surface area (Å²) in [5.74, 6) is -0.711. The molecular formula is C20H20O3. The van der Waals surface area contributed by atoms with Crippen molar-refractivity contribution in [3.63, 3.8) is 0 Å². The lowest BCUT2D eigenvalue weighted by molar-refractivity contribution is -0.137. The summed E-state index contributed by atoms with van der Waals surface area (Å²) in [7, 11) is 0. The first kappa shape index (κ1) is 16.7. The number of hydrogen-bond acceptors (Lipinski definition) is 1. The van der Waals surface area contributed by atoms with Crippen LogP contribution in [0.1, 0.15) is 19.8 Å². The predicted octanol–water partition coefficient (Wildman–Crippen LogP) is 4.63. The van der Waals surface area contributed by atoms with Crippen molar-refractivity contribution in [3.8, 4) is 0 Å². The Balaban J connectivity index is 0.000000241. The molecule has 4 aromatic carbocycles. The molecule has 3 heteroatoms. The van der Waals surface area contributed by atoms with Crippen LogP contribution in [0.2, 0.25) is 0 Å². The molecule has 118 valence electrons. The molecule has 23 heavy (non-hydrogen) atoms. The first-order valence-corrected chi connectivity index (χ1v) is 7.55. The van der Waals surface area contributed by atoms with Gasteiger partial charge in [0.15, 0.2) is 0 Å². The van der Waals surface area contributed by atoms with E-state index in [4.69, 9.17) is 5.11 Å². The standard InChI is InChI=1S/C16H10.C4H8O2.H2O/c1-3-11-7-9-13-5-2-6-14-10-8-12(4-1)15(11)16(13)14;1-2-3-4(5)6;/h1-10H;2-3H2,1H3,(H,5,6);1H2. The third-order valence-corrected chi connectivity index (χ3v) is 3.86. The topological polar surface area (TPSA) is 68.8 Å². The maximum absolute atomic E-state index is 9.60. The molecule has 0 aromatic heterocycles. The summed E-state index contributed by atoms with van der Waals surface area (Å²) < 4.78 is 0. The monoisotopic (exact) mass is 308 g/mol. The van der Waals surface area contributed by atoms with Crippen LogP contribution in [-0.2, 0) is 4.79 Å². The molecule has 0 heterocycles. The molecule has 0 atom stereocenters. The van der Waals surface area contributed by atoms with Gasteiger partial charge >= 0.3 is 5.97 Å². The maximum Gasteiger partial charge on any atom is 0.303 e. The van der Waals surface area contributed by atoms with Crippen LogP contribution in [0, 0.1) is 0 Å². The maximum atomic E-state index is 9.60. The number of carbonyl (C=O) groups is 1. The van der Waals surface area contributed by atoms with Gasteiger partial charge in [0.05, 0.1) is 0 Å². The fourth-order valence-electron chi connectivity index (χ4n) is 2.88. The zero-order valence-corrected chi connectivity index (χ0v) is 13.0. The van der Waals surface area contributed by atoms with E-state index in [1.807, 2.05) is 6.92 Å². The number of carboxylic acid groups (broad SMARTS) is 1. The van der Waals surface area contributed by atoms with E-state index < -0.39 is 5.97 Å². The van der Waals surface area contributed by atoms with Gasteiger partial charge in [0, 0.05) is 6.42 Å². The average Bonchev–Trinajstić information content (AvgIpc) is 2.53. The summed E-state index contributed by atoms with van der Waals surface area (Å²) in [4.78, 5) is 9.60. The van der Waals surface area contributed by atoms with E-state index in [9.17, 15) is 4.79 Å². The Morgan fingerprint density at radius 2 is 1.13 bits per heavy atom. The summed E-state index contributed by atoms with van der Waals surface area (Å²) >= 11 is 0. The van der Waals surface area contributed by atoms with Crippen molar-refractivity contribution in [2.75, 3.05) is 0 Å². The SMILES string of the molecule is CCCC(=O)O.O.c1cc2ccc3cccc4ccc(c1)c2c34. The van der Waals surface area contributed by atoms with Gasteiger partial charge in [0.25, 0.3) is 0 Å². The summed E-state index contributed by atoms with van der Waals surface area (Å²) in [6, 6.07) is 21.9. The fraction of sp³-hybridized carbons (Fsp3) is 0.150. The Bertz CT molecular complexity index is 798. The van der Waals surface area contributed by atoms with E-state index in [2.05, 4.69) is 60.7 Å². The predicted molar refractivity (Wildman–Crippen MR) is 96.3 cm³/mol. The molecule has 3 nitrogen and oxygen atoms in total. The molecule has 0 spiro atoms. The highest BCUT2D eigenvalue weighted by molar-refractivity contribution is 6.22. The second kappa shape index (κ2) is 7.07. The number of hydrogen-bond donors (Lipinski definition) is 1. The second-order valence-corrected chi connectivity index (χ2v) is 5.43. The van der Waals surface area contributed by atoms with Gasteiger partial charge in [-0.2, -0.15) is 0 Å². The van der Waals surface area contributed by atoms with Gasteiger partial charge in [-0.25, -0.2) is 0 Å². The first-order valence-electron chi connectivity index (χ1n) is 7.55. The molecule has 4 rings (SSSR count). The quantitative estimate of drug-likeness (QED) is 0.548. The van der Waals surface area contributed by atoms with Crippen LogP contribution in [0.15, 0.2) is 60.7 Å². The highest BCUT2D eigenvalue weighted by Gasteiger charge is 2.05. The molecule has 0 radical (unpaired) electrons. The lowest BCUT2D eigenvalue weighted by Gasteiger charge is -2.09. The third-order valence-electron chi connectivity index (χ3n) is 3.86. The van der Waals surface area contributed by atoms with E-state index in [-0.39, 0.29) is 5.48 Å². The fourth-order valence-corrected chi connectivity index (χ4v) is 2.88. The molecule has 0 amide bonds. The number of aliphatic carboxylic acids is 1. The smallest absolute Gasteiger partial charge is 0.303 e. The molecule has 0 aliphatic carbocycles. The average molecular weight is 308 g/mol. The Hall–Kier alpha value is -2.65. The van der Waals surface area contributed by atoms with Crippen LogP contribution < -0.4 is 0 Å². The number of benzene rings is 4. The van der Waals surface area contributed by atoms with Gasteiger partial charge in [-0.05, 0) is 38.7 Å². The molecule has 0 saturated heterocycles. The zero-order valence-electron chi connectivity index (χ0n) is 13.0. The third kappa shape index (κ3) is 3.25. The van der Waals surface area contributed by atoms with E-state index in [1.165, 1.54) is 32.3 Å². The van der Waals surface area contributed by atoms with Crippen molar-refractivity contribution >= 4 is 38.3 Å². The van der Waals surface area contributed by atoms with Crippen molar-refractivity contribution in [1.29, 1.82) is 0 Å². The number of rotatable bonds is 2. The van der Waals surface area contributed by atoms with Gasteiger partial charge in [-0.3, -0.25) is 4.79 Å². The molecule has 0 aliphatic rings. The highest BCUT2D eigenvalue weighted by Crippen LogP contribution is 2.33. The van der Waals surface area contributed by atoms with E-state index in [1.54, 1.807) is 0 Å². The Labute approximate surface area is 134 Å². The molecular weight excluding hydrogens is 288 g/mol. The summed E-state index contributed by atoms with van der Waals surface area (Å²) in [6.07, 6.45) is 1.02. The molecule has 3 N–H and O–H groups in total. The summed E-state index contributed by atoms with van der Waals surface area (Å²) in [6.45, 7) is 1.84. The van der Waals surface area contributed by atoms with Gasteiger partial charge in [0.2, 0.25) is 0 Å². The van der Waals surface area contributed by atoms with Crippen molar-refractivity contribution in [3.05, 3.63) is 60.7 Å². The van der Waals surface area contributed by atoms with Crippen LogP contribution in [0.5, 0.6) is 0 Å². The van der Waals surface area contributed by atoms with Crippen molar-refractivity contribution in [2.45, 2.75) is 19.8 Å². The molecule has 0 bridgehead atoms. The normalized spacial score (nSPS) is 10.3. The van der Waals surface area contributed by atoms with Crippen LogP contribution in [0.3, 0.4) is 0 Å². The minimum atomic E-state index is -0.711. The summed E-state index contributed by atoms with van der Waals surface area (Å²) in [5, 5.41) is 16.1. The van der Waals surface area contributed by atoms with Gasteiger partial charge in [-0.15, -0.1) is 0 Å².